The van der Waals surface area contributed by atoms with Crippen LogP contribution in [0.4, 0.5) is 23.7 Å². The number of carbonyl (C=O) groups excluding carboxylic acids is 1. The van der Waals surface area contributed by atoms with Crippen molar-refractivity contribution in [1.29, 1.82) is 0 Å². The van der Waals surface area contributed by atoms with E-state index in [1.807, 2.05) is 13.8 Å². The summed E-state index contributed by atoms with van der Waals surface area (Å²) in [6, 6.07) is 2.27. The predicted octanol–water partition coefficient (Wildman–Crippen LogP) is 3.45. The lowest BCUT2D eigenvalue weighted by Crippen LogP contribution is -2.48. The highest BCUT2D eigenvalue weighted by Gasteiger charge is 2.30. The van der Waals surface area contributed by atoms with Crippen LogP contribution in [0.15, 0.2) is 23.1 Å². The molecule has 1 aliphatic rings. The van der Waals surface area contributed by atoms with Crippen LogP contribution in [0.2, 0.25) is 0 Å². The van der Waals surface area contributed by atoms with Crippen molar-refractivity contribution in [2.24, 2.45) is 5.92 Å². The van der Waals surface area contributed by atoms with Crippen molar-refractivity contribution < 1.29 is 18.0 Å². The van der Waals surface area contributed by atoms with Gasteiger partial charge in [0.05, 0.1) is 0 Å². The molecule has 1 fully saturated rings. The summed E-state index contributed by atoms with van der Waals surface area (Å²) in [6.45, 7) is 3.25. The first-order valence-electron chi connectivity index (χ1n) is 8.03. The maximum atomic E-state index is 12.5. The van der Waals surface area contributed by atoms with Gasteiger partial charge in [0, 0.05) is 18.8 Å². The Morgan fingerprint density at radius 3 is 2.71 bits per heavy atom. The topological polar surface area (TPSA) is 54.3 Å². The van der Waals surface area contributed by atoms with Crippen molar-refractivity contribution in [3.8, 4) is 0 Å². The van der Waals surface area contributed by atoms with E-state index >= 15 is 0 Å². The molecule has 1 aliphatic heterocycles. The van der Waals surface area contributed by atoms with Crippen LogP contribution in [0.1, 0.15) is 33.1 Å². The number of nitrogens with one attached hydrogen (secondary N) is 1. The van der Waals surface area contributed by atoms with Gasteiger partial charge in [-0.05, 0) is 37.3 Å². The van der Waals surface area contributed by atoms with E-state index in [2.05, 4.69) is 5.32 Å². The summed E-state index contributed by atoms with van der Waals surface area (Å²) in [5.74, 6) is 0.272. The fraction of sp³-hybridized carbons (Fsp3) is 0.625. The highest BCUT2D eigenvalue weighted by atomic mass is 19.4. The number of halogens is 3. The lowest BCUT2D eigenvalue weighted by atomic mass is 9.93. The smallest absolute Gasteiger partial charge is 0.321 e. The first-order chi connectivity index (χ1) is 11.2. The molecule has 8 heteroatoms. The first-order valence-corrected chi connectivity index (χ1v) is 8.03. The minimum absolute atomic E-state index is 0.0693. The fourth-order valence-corrected chi connectivity index (χ4v) is 3.04. The molecular formula is C16H22F3N3O2. The van der Waals surface area contributed by atoms with Crippen molar-refractivity contribution in [2.45, 2.75) is 51.9 Å². The summed E-state index contributed by atoms with van der Waals surface area (Å²) in [5, 5.41) is 2.48. The van der Waals surface area contributed by atoms with Gasteiger partial charge in [-0.3, -0.25) is 4.79 Å². The van der Waals surface area contributed by atoms with Crippen molar-refractivity contribution in [3.05, 3.63) is 28.7 Å². The van der Waals surface area contributed by atoms with Crippen LogP contribution >= 0.6 is 0 Å². The predicted molar refractivity (Wildman–Crippen MR) is 85.0 cm³/mol. The van der Waals surface area contributed by atoms with Crippen molar-refractivity contribution >= 4 is 11.7 Å². The largest absolute Gasteiger partial charge is 0.406 e. The molecule has 1 aromatic heterocycles. The zero-order chi connectivity index (χ0) is 17.9. The molecule has 24 heavy (non-hydrogen) atoms. The van der Waals surface area contributed by atoms with Gasteiger partial charge in [0.2, 0.25) is 0 Å². The van der Waals surface area contributed by atoms with Crippen LogP contribution in [-0.4, -0.2) is 34.3 Å². The number of pyridine rings is 1. The van der Waals surface area contributed by atoms with E-state index in [0.29, 0.717) is 11.1 Å². The number of piperidine rings is 1. The lowest BCUT2D eigenvalue weighted by Gasteiger charge is -2.38. The van der Waals surface area contributed by atoms with Crippen LogP contribution in [0.25, 0.3) is 0 Å². The van der Waals surface area contributed by atoms with Gasteiger partial charge >= 0.3 is 12.2 Å². The highest BCUT2D eigenvalue weighted by molar-refractivity contribution is 5.89. The molecule has 134 valence electrons. The Kier molecular flexibility index (Phi) is 5.56. The monoisotopic (exact) mass is 345 g/mol. The standard InChI is InChI=1S/C16H22F3N3O2/c1-11(2)13-7-3-4-9-22(13)15(24)20-12-6-5-8-21(14(12)23)10-16(17,18)19/h5-6,8,11,13H,3-4,7,9-10H2,1-2H3,(H,20,24)/t13-/m0/s1. The van der Waals surface area contributed by atoms with Gasteiger partial charge in [0.1, 0.15) is 12.2 Å². The van der Waals surface area contributed by atoms with E-state index in [1.54, 1.807) is 4.90 Å². The Morgan fingerprint density at radius 1 is 1.38 bits per heavy atom. The number of aromatic nitrogens is 1. The average molecular weight is 345 g/mol. The van der Waals surface area contributed by atoms with Crippen LogP contribution in [0, 0.1) is 5.92 Å². The minimum Gasteiger partial charge on any atom is -0.321 e. The van der Waals surface area contributed by atoms with Gasteiger partial charge < -0.3 is 14.8 Å². The van der Waals surface area contributed by atoms with Crippen molar-refractivity contribution in [1.82, 2.24) is 9.47 Å². The van der Waals surface area contributed by atoms with Gasteiger partial charge in [0.25, 0.3) is 5.56 Å². The Hall–Kier alpha value is -1.99. The number of amides is 2. The Labute approximate surface area is 138 Å². The SMILES string of the molecule is CC(C)[C@@H]1CCCCN1C(=O)Nc1cccn(CC(F)(F)F)c1=O. The molecule has 1 saturated heterocycles. The minimum atomic E-state index is -4.50. The molecule has 2 amide bonds. The fourth-order valence-electron chi connectivity index (χ4n) is 3.04. The number of likely N-dealkylation sites (tertiary alicyclic amines) is 1. The molecule has 5 nitrogen and oxygen atoms in total. The quantitative estimate of drug-likeness (QED) is 0.912. The molecule has 0 radical (unpaired) electrons. The third kappa shape index (κ3) is 4.52. The second-order valence-corrected chi connectivity index (χ2v) is 6.40. The maximum absolute atomic E-state index is 12.5. The van der Waals surface area contributed by atoms with Gasteiger partial charge in [-0.25, -0.2) is 4.79 Å². The van der Waals surface area contributed by atoms with E-state index in [0.717, 1.165) is 25.5 Å². The zero-order valence-electron chi connectivity index (χ0n) is 13.8. The number of anilines is 1. The molecular weight excluding hydrogens is 323 g/mol. The molecule has 2 rings (SSSR count). The number of nitrogens with zero attached hydrogens (tertiary/aromatic N) is 2. The van der Waals surface area contributed by atoms with Gasteiger partial charge in [-0.2, -0.15) is 13.2 Å². The van der Waals surface area contributed by atoms with E-state index in [-0.39, 0.29) is 17.6 Å². The van der Waals surface area contributed by atoms with E-state index in [4.69, 9.17) is 0 Å². The number of hydrogen-bond acceptors (Lipinski definition) is 2. The summed E-state index contributed by atoms with van der Waals surface area (Å²) < 4.78 is 38.0. The van der Waals surface area contributed by atoms with E-state index in [9.17, 15) is 22.8 Å². The Balaban J connectivity index is 2.17. The second kappa shape index (κ2) is 7.27. The van der Waals surface area contributed by atoms with Crippen LogP contribution < -0.4 is 10.9 Å². The van der Waals surface area contributed by atoms with Gasteiger partial charge in [-0.15, -0.1) is 0 Å². The molecule has 1 N–H and O–H groups in total. The summed E-state index contributed by atoms with van der Waals surface area (Å²) in [6.07, 6.45) is -0.635. The summed E-state index contributed by atoms with van der Waals surface area (Å²) >= 11 is 0. The number of hydrogen-bond donors (Lipinski definition) is 1. The van der Waals surface area contributed by atoms with Crippen molar-refractivity contribution in [3.63, 3.8) is 0 Å². The number of alkyl halides is 3. The molecule has 0 bridgehead atoms. The van der Waals surface area contributed by atoms with Gasteiger partial charge in [-0.1, -0.05) is 13.8 Å². The van der Waals surface area contributed by atoms with E-state index < -0.39 is 24.3 Å². The van der Waals surface area contributed by atoms with Crippen LogP contribution in [0.5, 0.6) is 0 Å². The maximum Gasteiger partial charge on any atom is 0.406 e. The Morgan fingerprint density at radius 2 is 2.08 bits per heavy atom. The number of carbonyl (C=O) groups is 1. The Bertz CT molecular complexity index is 640. The average Bonchev–Trinajstić information content (AvgIpc) is 2.50. The van der Waals surface area contributed by atoms with Crippen LogP contribution in [0.3, 0.4) is 0 Å². The third-order valence-corrected chi connectivity index (χ3v) is 4.19. The number of rotatable bonds is 3. The highest BCUT2D eigenvalue weighted by Crippen LogP contribution is 2.23. The second-order valence-electron chi connectivity index (χ2n) is 6.40. The summed E-state index contributed by atoms with van der Waals surface area (Å²) in [7, 11) is 0. The summed E-state index contributed by atoms with van der Waals surface area (Å²) in [4.78, 5) is 26.3. The molecule has 1 aromatic rings. The van der Waals surface area contributed by atoms with Crippen molar-refractivity contribution in [2.75, 3.05) is 11.9 Å². The van der Waals surface area contributed by atoms with Gasteiger partial charge in [0.15, 0.2) is 0 Å². The van der Waals surface area contributed by atoms with E-state index in [1.165, 1.54) is 12.1 Å². The summed E-state index contributed by atoms with van der Waals surface area (Å²) in [5.41, 5.74) is -0.999. The number of urea groups is 1. The lowest BCUT2D eigenvalue weighted by molar-refractivity contribution is -0.141. The van der Waals surface area contributed by atoms with Crippen LogP contribution in [-0.2, 0) is 6.54 Å². The molecule has 0 aromatic carbocycles. The molecule has 0 spiro atoms. The molecule has 0 aliphatic carbocycles. The molecule has 0 saturated carbocycles. The first kappa shape index (κ1) is 18.4. The zero-order valence-corrected chi connectivity index (χ0v) is 13.8. The normalized spacial score (nSPS) is 18.8. The third-order valence-electron chi connectivity index (χ3n) is 4.19. The molecule has 0 unspecified atom stereocenters. The molecule has 2 heterocycles. The molecule has 1 atom stereocenters.